The number of rotatable bonds is 14. The van der Waals surface area contributed by atoms with Crippen molar-refractivity contribution in [2.45, 2.75) is 50.4 Å². The summed E-state index contributed by atoms with van der Waals surface area (Å²) in [6.07, 6.45) is 3.40. The first-order valence-corrected chi connectivity index (χ1v) is 21.7. The standard InChI is InChI=1S/C51H52N4O9/c56-43-20-18-41(42-19-21-45(58)53-46(42)43)44(57)31-52-26-22-34-10-14-36(15-11-34)47(59)54-28-24-50(25-29-54)23-5-27-55(33-50)48(60)37-16-12-35(13-17-37)32-64-40-9-4-8-39(30-40)51(63,49(61)62)38-6-2-1-3-7-38/h1-4,6-21,30,44,52,56-57,63H,5,22-29,31-33H2,(H,53,58)(H,61,62)/t44-,51-/m0/s1. The van der Waals surface area contributed by atoms with Crippen LogP contribution in [0.15, 0.2) is 132 Å². The molecule has 0 saturated carbocycles. The molecular weight excluding hydrogens is 813 g/mol. The Bertz CT molecular complexity index is 2680. The number of carboxylic acid groups (broad SMARTS) is 1. The number of nitrogens with one attached hydrogen (secondary N) is 2. The first kappa shape index (κ1) is 43.8. The number of piperidine rings is 2. The number of H-pyrrole nitrogens is 1. The fraction of sp³-hybridized carbons (Fsp3) is 0.294. The zero-order valence-electron chi connectivity index (χ0n) is 35.4. The maximum Gasteiger partial charge on any atom is 0.345 e. The second-order valence-electron chi connectivity index (χ2n) is 17.0. The predicted octanol–water partition coefficient (Wildman–Crippen LogP) is 6.16. The van der Waals surface area contributed by atoms with Gasteiger partial charge < -0.3 is 45.3 Å². The number of carboxylic acids is 1. The van der Waals surface area contributed by atoms with Gasteiger partial charge in [0.15, 0.2) is 0 Å². The Kier molecular flexibility index (Phi) is 12.9. The molecule has 2 aliphatic heterocycles. The number of amides is 2. The number of hydrogen-bond donors (Lipinski definition) is 6. The molecule has 330 valence electrons. The molecule has 6 aromatic rings. The Morgan fingerprint density at radius 3 is 2.14 bits per heavy atom. The summed E-state index contributed by atoms with van der Waals surface area (Å²) in [6.45, 7) is 3.63. The third-order valence-corrected chi connectivity index (χ3v) is 12.8. The van der Waals surface area contributed by atoms with Crippen LogP contribution in [0.25, 0.3) is 10.9 Å². The van der Waals surface area contributed by atoms with Crippen molar-refractivity contribution in [3.63, 3.8) is 0 Å². The highest BCUT2D eigenvalue weighted by atomic mass is 16.5. The lowest BCUT2D eigenvalue weighted by atomic mass is 9.72. The van der Waals surface area contributed by atoms with Crippen LogP contribution in [0.1, 0.15) is 80.3 Å². The van der Waals surface area contributed by atoms with Crippen LogP contribution in [0.3, 0.4) is 0 Å². The topological polar surface area (TPSA) is 193 Å². The van der Waals surface area contributed by atoms with Gasteiger partial charge in [0.05, 0.1) is 11.6 Å². The molecule has 1 spiro atoms. The van der Waals surface area contributed by atoms with E-state index in [1.54, 1.807) is 72.8 Å². The number of phenolic OH excluding ortho intramolecular Hbond substituents is 1. The number of likely N-dealkylation sites (tertiary alicyclic amines) is 2. The summed E-state index contributed by atoms with van der Waals surface area (Å²) in [7, 11) is 0. The van der Waals surface area contributed by atoms with Gasteiger partial charge in [-0.15, -0.1) is 0 Å². The number of fused-ring (bicyclic) bond motifs is 1. The minimum atomic E-state index is -2.24. The van der Waals surface area contributed by atoms with E-state index in [1.807, 2.05) is 46.2 Å². The molecule has 0 aliphatic carbocycles. The minimum absolute atomic E-state index is 0.000383. The molecule has 6 N–H and O–H groups in total. The van der Waals surface area contributed by atoms with Crippen LogP contribution in [0, 0.1) is 5.41 Å². The van der Waals surface area contributed by atoms with E-state index in [0.717, 1.165) is 36.8 Å². The number of aromatic hydroxyl groups is 1. The van der Waals surface area contributed by atoms with Gasteiger partial charge in [0.2, 0.25) is 11.2 Å². The quantitative estimate of drug-likeness (QED) is 0.0692. The van der Waals surface area contributed by atoms with E-state index in [4.69, 9.17) is 4.74 Å². The average molecular weight is 865 g/mol. The minimum Gasteiger partial charge on any atom is -0.506 e. The normalized spacial score (nSPS) is 16.3. The highest BCUT2D eigenvalue weighted by molar-refractivity contribution is 5.95. The number of aliphatic carboxylic acids is 1. The van der Waals surface area contributed by atoms with Gasteiger partial charge in [-0.05, 0) is 115 Å². The van der Waals surface area contributed by atoms with E-state index < -0.39 is 17.7 Å². The number of aromatic amines is 1. The number of ether oxygens (including phenoxy) is 1. The summed E-state index contributed by atoms with van der Waals surface area (Å²) < 4.78 is 6.00. The lowest BCUT2D eigenvalue weighted by Crippen LogP contribution is -2.52. The third-order valence-electron chi connectivity index (χ3n) is 12.8. The van der Waals surface area contributed by atoms with Gasteiger partial charge in [-0.1, -0.05) is 72.8 Å². The molecule has 3 heterocycles. The Labute approximate surface area is 370 Å². The molecule has 2 saturated heterocycles. The van der Waals surface area contributed by atoms with Crippen molar-refractivity contribution in [2.24, 2.45) is 5.41 Å². The van der Waals surface area contributed by atoms with Crippen LogP contribution in [-0.4, -0.2) is 92.3 Å². The Balaban J connectivity index is 0.791. The van der Waals surface area contributed by atoms with Crippen molar-refractivity contribution in [1.29, 1.82) is 0 Å². The van der Waals surface area contributed by atoms with Crippen molar-refractivity contribution in [3.8, 4) is 11.5 Å². The number of aromatic nitrogens is 1. The molecule has 0 bridgehead atoms. The summed E-state index contributed by atoms with van der Waals surface area (Å²) in [6, 6.07) is 35.7. The first-order chi connectivity index (χ1) is 30.9. The highest BCUT2D eigenvalue weighted by Gasteiger charge is 2.42. The van der Waals surface area contributed by atoms with E-state index >= 15 is 0 Å². The summed E-state index contributed by atoms with van der Waals surface area (Å²) >= 11 is 0. The fourth-order valence-corrected chi connectivity index (χ4v) is 9.10. The highest BCUT2D eigenvalue weighted by Crippen LogP contribution is 2.41. The summed E-state index contributed by atoms with van der Waals surface area (Å²) in [5.74, 6) is -1.07. The van der Waals surface area contributed by atoms with Crippen LogP contribution in [0.2, 0.25) is 0 Å². The Hall–Kier alpha value is -6.80. The lowest BCUT2D eigenvalue weighted by molar-refractivity contribution is -0.155. The van der Waals surface area contributed by atoms with Gasteiger partial charge in [-0.3, -0.25) is 14.4 Å². The number of aliphatic hydroxyl groups excluding tert-OH is 1. The zero-order valence-corrected chi connectivity index (χ0v) is 35.4. The van der Waals surface area contributed by atoms with Crippen molar-refractivity contribution in [1.82, 2.24) is 20.1 Å². The molecule has 1 aromatic heterocycles. The fourth-order valence-electron chi connectivity index (χ4n) is 9.10. The molecule has 8 rings (SSSR count). The second-order valence-corrected chi connectivity index (χ2v) is 17.0. The molecule has 0 unspecified atom stereocenters. The zero-order chi connectivity index (χ0) is 44.8. The maximum absolute atomic E-state index is 13.8. The van der Waals surface area contributed by atoms with E-state index in [9.17, 15) is 39.6 Å². The number of hydrogen-bond acceptors (Lipinski definition) is 9. The SMILES string of the molecule is O=C(c1ccc(CCNC[C@H](O)c2ccc(O)c3[nH]c(=O)ccc23)cc1)N1CCC2(CCCN(C(=O)c3ccc(COc4cccc([C@](O)(C(=O)O)c5ccccc5)c4)cc3)C2)CC1. The number of benzene rings is 5. The monoisotopic (exact) mass is 864 g/mol. The number of pyridine rings is 1. The van der Waals surface area contributed by atoms with Gasteiger partial charge >= 0.3 is 5.97 Å². The largest absolute Gasteiger partial charge is 0.506 e. The van der Waals surface area contributed by atoms with E-state index in [-0.39, 0.29) is 52.8 Å². The van der Waals surface area contributed by atoms with Crippen molar-refractivity contribution >= 4 is 28.7 Å². The number of nitrogens with zero attached hydrogens (tertiary/aromatic N) is 2. The van der Waals surface area contributed by atoms with Gasteiger partial charge in [0.1, 0.15) is 18.1 Å². The van der Waals surface area contributed by atoms with E-state index in [1.165, 1.54) is 18.2 Å². The second kappa shape index (κ2) is 18.9. The number of carbonyl (C=O) groups is 3. The van der Waals surface area contributed by atoms with Crippen molar-refractivity contribution < 1.29 is 39.5 Å². The first-order valence-electron chi connectivity index (χ1n) is 21.7. The van der Waals surface area contributed by atoms with Gasteiger partial charge in [-0.2, -0.15) is 0 Å². The predicted molar refractivity (Wildman–Crippen MR) is 241 cm³/mol. The van der Waals surface area contributed by atoms with Crippen LogP contribution >= 0.6 is 0 Å². The number of phenols is 1. The van der Waals surface area contributed by atoms with Crippen LogP contribution in [-0.2, 0) is 23.4 Å². The molecular formula is C51H52N4O9. The van der Waals surface area contributed by atoms with Gasteiger partial charge in [0, 0.05) is 60.9 Å². The molecule has 2 atom stereocenters. The smallest absolute Gasteiger partial charge is 0.345 e. The molecule has 13 heteroatoms. The molecule has 0 radical (unpaired) electrons. The van der Waals surface area contributed by atoms with Gasteiger partial charge in [-0.25, -0.2) is 4.79 Å². The van der Waals surface area contributed by atoms with Crippen molar-refractivity contribution in [3.05, 3.63) is 177 Å². The number of aliphatic hydroxyl groups is 2. The Morgan fingerprint density at radius 2 is 1.44 bits per heavy atom. The molecule has 64 heavy (non-hydrogen) atoms. The summed E-state index contributed by atoms with van der Waals surface area (Å²) in [5.41, 5.74) is 1.80. The van der Waals surface area contributed by atoms with Crippen LogP contribution in [0.4, 0.5) is 0 Å². The molecule has 2 amide bonds. The van der Waals surface area contributed by atoms with Crippen LogP contribution in [0.5, 0.6) is 11.5 Å². The molecule has 13 nitrogen and oxygen atoms in total. The summed E-state index contributed by atoms with van der Waals surface area (Å²) in [4.78, 5) is 57.8. The Morgan fingerprint density at radius 1 is 0.766 bits per heavy atom. The summed E-state index contributed by atoms with van der Waals surface area (Å²) in [5, 5.41) is 46.1. The molecule has 5 aromatic carbocycles. The van der Waals surface area contributed by atoms with E-state index in [2.05, 4.69) is 10.3 Å². The molecule has 2 fully saturated rings. The molecule has 2 aliphatic rings. The van der Waals surface area contributed by atoms with Crippen LogP contribution < -0.4 is 15.6 Å². The average Bonchev–Trinajstić information content (AvgIpc) is 3.32. The van der Waals surface area contributed by atoms with Crippen molar-refractivity contribution in [2.75, 3.05) is 39.3 Å². The van der Waals surface area contributed by atoms with E-state index in [0.29, 0.717) is 72.5 Å². The third kappa shape index (κ3) is 9.42. The van der Waals surface area contributed by atoms with Gasteiger partial charge in [0.25, 0.3) is 11.8 Å². The maximum atomic E-state index is 13.8. The lowest BCUT2D eigenvalue weighted by Gasteiger charge is -2.47. The number of carbonyl (C=O) groups excluding carboxylic acids is 2.